The Hall–Kier alpha value is -2.06. The third-order valence-electron chi connectivity index (χ3n) is 6.55. The lowest BCUT2D eigenvalue weighted by molar-refractivity contribution is 0.255. The van der Waals surface area contributed by atoms with Crippen molar-refractivity contribution < 1.29 is 4.42 Å². The Labute approximate surface area is 204 Å². The van der Waals surface area contributed by atoms with Gasteiger partial charge >= 0.3 is 0 Å². The maximum Gasteiger partial charge on any atom is 0.118 e. The molecule has 0 aliphatic carbocycles. The molecular formula is C27H28BrClN2O. The van der Waals surface area contributed by atoms with E-state index in [1.807, 2.05) is 31.2 Å². The number of rotatable bonds is 8. The first kappa shape index (κ1) is 23.1. The zero-order valence-electron chi connectivity index (χ0n) is 18.4. The first-order valence-electron chi connectivity index (χ1n) is 11.2. The molecule has 1 unspecified atom stereocenters. The fourth-order valence-corrected chi connectivity index (χ4v) is 5.48. The summed E-state index contributed by atoms with van der Waals surface area (Å²) >= 11 is 10.0. The highest BCUT2D eigenvalue weighted by molar-refractivity contribution is 9.10. The zero-order valence-corrected chi connectivity index (χ0v) is 20.7. The predicted octanol–water partition coefficient (Wildman–Crippen LogP) is 7.19. The van der Waals surface area contributed by atoms with Gasteiger partial charge in [-0.25, -0.2) is 0 Å². The number of hydrogen-bond acceptors (Lipinski definition) is 3. The maximum atomic E-state index is 9.14. The molecule has 0 spiro atoms. The standard InChI is InChI=1S/C27H28BrClN2O/c1-19-6-11-25(32-19)18-31-13-12-24(17-31)21(15-22-4-2-3-5-26(22)28)9-7-20-8-10-23(16-30)27(29)14-20/h2-6,8,10-11,14,21,24H,7,9,12-13,15,17-18H2,1H3/t21?,24-/m0/s1. The van der Waals surface area contributed by atoms with Crippen LogP contribution in [0.1, 0.15) is 41.1 Å². The van der Waals surface area contributed by atoms with E-state index in [2.05, 4.69) is 57.2 Å². The van der Waals surface area contributed by atoms with Crippen molar-refractivity contribution in [1.82, 2.24) is 4.90 Å². The second-order valence-corrected chi connectivity index (χ2v) is 10.1. The van der Waals surface area contributed by atoms with Crippen molar-refractivity contribution in [1.29, 1.82) is 5.26 Å². The van der Waals surface area contributed by atoms with E-state index in [1.165, 1.54) is 22.0 Å². The largest absolute Gasteiger partial charge is 0.465 e. The Balaban J connectivity index is 1.45. The number of aryl methyl sites for hydroxylation is 2. The lowest BCUT2D eigenvalue weighted by atomic mass is 9.82. The molecule has 1 aromatic heterocycles. The molecule has 3 aromatic rings. The van der Waals surface area contributed by atoms with Gasteiger partial charge in [0.1, 0.15) is 17.6 Å². The summed E-state index contributed by atoms with van der Waals surface area (Å²) in [5.74, 6) is 3.25. The van der Waals surface area contributed by atoms with Crippen molar-refractivity contribution in [3.8, 4) is 6.07 Å². The van der Waals surface area contributed by atoms with Crippen LogP contribution in [0.5, 0.6) is 0 Å². The van der Waals surface area contributed by atoms with Crippen molar-refractivity contribution in [2.24, 2.45) is 11.8 Å². The molecule has 1 fully saturated rings. The van der Waals surface area contributed by atoms with Crippen LogP contribution < -0.4 is 0 Å². The van der Waals surface area contributed by atoms with Crippen LogP contribution in [0.4, 0.5) is 0 Å². The second kappa shape index (κ2) is 10.7. The summed E-state index contributed by atoms with van der Waals surface area (Å²) in [4.78, 5) is 2.52. The number of likely N-dealkylation sites (tertiary alicyclic amines) is 1. The first-order chi connectivity index (χ1) is 15.5. The van der Waals surface area contributed by atoms with Crippen molar-refractivity contribution in [2.45, 2.75) is 39.2 Å². The lowest BCUT2D eigenvalue weighted by Crippen LogP contribution is -2.24. The van der Waals surface area contributed by atoms with Crippen LogP contribution in [-0.4, -0.2) is 18.0 Å². The number of hydrogen-bond donors (Lipinski definition) is 0. The fraction of sp³-hybridized carbons (Fsp3) is 0.370. The summed E-state index contributed by atoms with van der Waals surface area (Å²) in [6.45, 7) is 5.10. The highest BCUT2D eigenvalue weighted by Crippen LogP contribution is 2.33. The Morgan fingerprint density at radius 2 is 2.06 bits per heavy atom. The van der Waals surface area contributed by atoms with Gasteiger partial charge in [-0.15, -0.1) is 0 Å². The molecule has 32 heavy (non-hydrogen) atoms. The number of benzene rings is 2. The van der Waals surface area contributed by atoms with Crippen LogP contribution in [-0.2, 0) is 19.4 Å². The average Bonchev–Trinajstić information content (AvgIpc) is 3.41. The van der Waals surface area contributed by atoms with Crippen LogP contribution in [0.15, 0.2) is 63.5 Å². The van der Waals surface area contributed by atoms with Gasteiger partial charge in [-0.3, -0.25) is 4.90 Å². The van der Waals surface area contributed by atoms with Crippen molar-refractivity contribution >= 4 is 27.5 Å². The zero-order chi connectivity index (χ0) is 22.5. The van der Waals surface area contributed by atoms with E-state index in [9.17, 15) is 0 Å². The minimum atomic E-state index is 0.541. The second-order valence-electron chi connectivity index (χ2n) is 8.82. The van der Waals surface area contributed by atoms with Crippen LogP contribution in [0.25, 0.3) is 0 Å². The molecule has 2 atom stereocenters. The van der Waals surface area contributed by atoms with Gasteiger partial charge in [0.15, 0.2) is 0 Å². The SMILES string of the molecule is Cc1ccc(CN2CC[C@H](C(CCc3ccc(C#N)c(Cl)c3)Cc3ccccc3Br)C2)o1. The third-order valence-corrected chi connectivity index (χ3v) is 7.63. The highest BCUT2D eigenvalue weighted by atomic mass is 79.9. The van der Waals surface area contributed by atoms with Crippen LogP contribution in [0.2, 0.25) is 5.02 Å². The molecule has 166 valence electrons. The summed E-state index contributed by atoms with van der Waals surface area (Å²) in [6.07, 6.45) is 4.34. The summed E-state index contributed by atoms with van der Waals surface area (Å²) in [5.41, 5.74) is 3.11. The van der Waals surface area contributed by atoms with E-state index in [-0.39, 0.29) is 0 Å². The smallest absolute Gasteiger partial charge is 0.118 e. The monoisotopic (exact) mass is 510 g/mol. The topological polar surface area (TPSA) is 40.2 Å². The quantitative estimate of drug-likeness (QED) is 0.321. The first-order valence-corrected chi connectivity index (χ1v) is 12.4. The Bertz CT molecular complexity index is 1100. The van der Waals surface area contributed by atoms with Crippen molar-refractivity contribution in [3.05, 3.63) is 92.3 Å². The number of furan rings is 1. The number of halogens is 2. The minimum absolute atomic E-state index is 0.541. The molecule has 5 heteroatoms. The van der Waals surface area contributed by atoms with Gasteiger partial charge in [0.05, 0.1) is 17.1 Å². The highest BCUT2D eigenvalue weighted by Gasteiger charge is 2.30. The van der Waals surface area contributed by atoms with Gasteiger partial charge in [-0.2, -0.15) is 5.26 Å². The third kappa shape index (κ3) is 5.84. The van der Waals surface area contributed by atoms with E-state index in [0.29, 0.717) is 22.4 Å². The number of nitrogens with zero attached hydrogens (tertiary/aromatic N) is 2. The molecule has 0 saturated carbocycles. The molecule has 1 aliphatic rings. The summed E-state index contributed by atoms with van der Waals surface area (Å²) in [7, 11) is 0. The Morgan fingerprint density at radius 3 is 2.78 bits per heavy atom. The van der Waals surface area contributed by atoms with Gasteiger partial charge < -0.3 is 4.42 Å². The maximum absolute atomic E-state index is 9.14. The van der Waals surface area contributed by atoms with Gasteiger partial charge in [-0.1, -0.05) is 51.8 Å². The minimum Gasteiger partial charge on any atom is -0.465 e. The van der Waals surface area contributed by atoms with E-state index >= 15 is 0 Å². The van der Waals surface area contributed by atoms with Crippen molar-refractivity contribution in [3.63, 3.8) is 0 Å². The average molecular weight is 512 g/mol. The van der Waals surface area contributed by atoms with E-state index in [0.717, 1.165) is 50.4 Å². The molecule has 0 bridgehead atoms. The predicted molar refractivity (Wildman–Crippen MR) is 133 cm³/mol. The molecule has 3 nitrogen and oxygen atoms in total. The van der Waals surface area contributed by atoms with Crippen LogP contribution in [0, 0.1) is 30.1 Å². The molecule has 2 aromatic carbocycles. The summed E-state index contributed by atoms with van der Waals surface area (Å²) in [6, 6.07) is 20.7. The summed E-state index contributed by atoms with van der Waals surface area (Å²) < 4.78 is 6.99. The Morgan fingerprint density at radius 1 is 1.22 bits per heavy atom. The molecule has 1 aliphatic heterocycles. The normalized spacial score (nSPS) is 17.4. The molecule has 2 heterocycles. The Kier molecular flexibility index (Phi) is 7.73. The van der Waals surface area contributed by atoms with Gasteiger partial charge in [-0.05, 0) is 92.4 Å². The van der Waals surface area contributed by atoms with Crippen LogP contribution in [0.3, 0.4) is 0 Å². The molecule has 4 rings (SSSR count). The van der Waals surface area contributed by atoms with E-state index in [4.69, 9.17) is 21.3 Å². The van der Waals surface area contributed by atoms with E-state index < -0.39 is 0 Å². The molecule has 0 radical (unpaired) electrons. The van der Waals surface area contributed by atoms with Gasteiger partial charge in [0.2, 0.25) is 0 Å². The molecule has 0 amide bonds. The molecule has 0 N–H and O–H groups in total. The van der Waals surface area contributed by atoms with Gasteiger partial charge in [0, 0.05) is 11.0 Å². The van der Waals surface area contributed by atoms with Crippen LogP contribution >= 0.6 is 27.5 Å². The van der Waals surface area contributed by atoms with E-state index in [1.54, 1.807) is 0 Å². The van der Waals surface area contributed by atoms with Gasteiger partial charge in [0.25, 0.3) is 0 Å². The summed E-state index contributed by atoms with van der Waals surface area (Å²) in [5, 5.41) is 9.69. The molecular weight excluding hydrogens is 484 g/mol. The molecule has 1 saturated heterocycles. The van der Waals surface area contributed by atoms with Crippen molar-refractivity contribution in [2.75, 3.05) is 13.1 Å². The lowest BCUT2D eigenvalue weighted by Gasteiger charge is -2.25. The number of nitriles is 1. The fourth-order valence-electron chi connectivity index (χ4n) is 4.79.